The van der Waals surface area contributed by atoms with Crippen LogP contribution in [0, 0.1) is 17.0 Å². The van der Waals surface area contributed by atoms with Gasteiger partial charge in [0.15, 0.2) is 5.69 Å². The van der Waals surface area contributed by atoms with Gasteiger partial charge in [0.05, 0.1) is 22.9 Å². The van der Waals surface area contributed by atoms with Crippen LogP contribution >= 0.6 is 0 Å². The molecule has 3 aromatic rings. The van der Waals surface area contributed by atoms with Gasteiger partial charge in [-0.2, -0.15) is 9.78 Å². The summed E-state index contributed by atoms with van der Waals surface area (Å²) in [5.74, 6) is -1.58. The molecule has 2 aromatic carbocycles. The van der Waals surface area contributed by atoms with Crippen molar-refractivity contribution >= 4 is 23.3 Å². The van der Waals surface area contributed by atoms with Gasteiger partial charge in [-0.3, -0.25) is 19.7 Å². The van der Waals surface area contributed by atoms with E-state index in [9.17, 15) is 24.5 Å². The normalized spacial score (nSPS) is 10.4. The monoisotopic (exact) mass is 422 g/mol. The molecule has 1 N–H and O–H groups in total. The number of anilines is 1. The number of aryl methyl sites for hydroxylation is 1. The summed E-state index contributed by atoms with van der Waals surface area (Å²) in [4.78, 5) is 48.2. The second-order valence-corrected chi connectivity index (χ2v) is 6.43. The van der Waals surface area contributed by atoms with Crippen molar-refractivity contribution in [3.8, 4) is 5.69 Å². The molecule has 158 valence electrons. The number of nitro benzene ring substituents is 1. The summed E-state index contributed by atoms with van der Waals surface area (Å²) in [5, 5.41) is 17.7. The van der Waals surface area contributed by atoms with Crippen LogP contribution in [-0.2, 0) is 4.74 Å². The summed E-state index contributed by atoms with van der Waals surface area (Å²) in [6.07, 6.45) is 0. The first kappa shape index (κ1) is 21.4. The number of esters is 1. The van der Waals surface area contributed by atoms with Crippen molar-refractivity contribution in [1.29, 1.82) is 0 Å². The lowest BCUT2D eigenvalue weighted by Gasteiger charge is -2.12. The van der Waals surface area contributed by atoms with Crippen LogP contribution in [0.5, 0.6) is 0 Å². The summed E-state index contributed by atoms with van der Waals surface area (Å²) in [7, 11) is 0. The molecule has 1 heterocycles. The lowest BCUT2D eigenvalue weighted by atomic mass is 10.1. The number of hydrogen-bond acceptors (Lipinski definition) is 7. The first-order valence-electron chi connectivity index (χ1n) is 9.25. The second-order valence-electron chi connectivity index (χ2n) is 6.43. The molecule has 0 aliphatic carbocycles. The maximum absolute atomic E-state index is 12.7. The van der Waals surface area contributed by atoms with Gasteiger partial charge in [0.1, 0.15) is 0 Å². The molecule has 3 rings (SSSR count). The number of nitro groups is 1. The standard InChI is InChI=1S/C21H18N4O6/c1-3-31-21(28)19-16(12-18(26)24(23-19)15-7-5-4-6-8-15)22-20(27)14-10-9-13(2)17(11-14)25(29)30/h4-12H,3H2,1-2H3,(H,22,27). The van der Waals surface area contributed by atoms with E-state index in [0.717, 1.165) is 16.8 Å². The number of benzene rings is 2. The van der Waals surface area contributed by atoms with E-state index >= 15 is 0 Å². The SMILES string of the molecule is CCOC(=O)c1nn(-c2ccccc2)c(=O)cc1NC(=O)c1ccc(C)c([N+](=O)[O-])c1. The van der Waals surface area contributed by atoms with E-state index in [0.29, 0.717) is 11.3 Å². The molecule has 0 spiro atoms. The van der Waals surface area contributed by atoms with Gasteiger partial charge in [-0.15, -0.1) is 0 Å². The Balaban J connectivity index is 2.04. The van der Waals surface area contributed by atoms with Gasteiger partial charge < -0.3 is 10.1 Å². The van der Waals surface area contributed by atoms with Crippen LogP contribution in [0.2, 0.25) is 0 Å². The fraction of sp³-hybridized carbons (Fsp3) is 0.143. The summed E-state index contributed by atoms with van der Waals surface area (Å²) in [5.41, 5.74) is -0.463. The van der Waals surface area contributed by atoms with Crippen LogP contribution in [-0.4, -0.2) is 33.2 Å². The van der Waals surface area contributed by atoms with E-state index in [1.54, 1.807) is 44.2 Å². The Labute approximate surface area is 176 Å². The first-order chi connectivity index (χ1) is 14.8. The van der Waals surface area contributed by atoms with E-state index < -0.39 is 22.4 Å². The van der Waals surface area contributed by atoms with E-state index in [2.05, 4.69) is 10.4 Å². The fourth-order valence-electron chi connectivity index (χ4n) is 2.80. The molecule has 0 atom stereocenters. The van der Waals surface area contributed by atoms with Crippen LogP contribution in [0.4, 0.5) is 11.4 Å². The highest BCUT2D eigenvalue weighted by Gasteiger charge is 2.22. The minimum atomic E-state index is -0.836. The van der Waals surface area contributed by atoms with Gasteiger partial charge in [-0.05, 0) is 32.0 Å². The summed E-state index contributed by atoms with van der Waals surface area (Å²) < 4.78 is 6.01. The quantitative estimate of drug-likeness (QED) is 0.367. The van der Waals surface area contributed by atoms with Crippen molar-refractivity contribution in [2.75, 3.05) is 11.9 Å². The number of hydrogen-bond donors (Lipinski definition) is 1. The molecule has 1 aromatic heterocycles. The molecular weight excluding hydrogens is 404 g/mol. The third kappa shape index (κ3) is 4.64. The van der Waals surface area contributed by atoms with Crippen molar-refractivity contribution < 1.29 is 19.2 Å². The average Bonchev–Trinajstić information content (AvgIpc) is 2.74. The minimum Gasteiger partial charge on any atom is -0.461 e. The maximum Gasteiger partial charge on any atom is 0.360 e. The number of carbonyl (C=O) groups is 2. The predicted molar refractivity (Wildman–Crippen MR) is 112 cm³/mol. The molecule has 0 saturated carbocycles. The topological polar surface area (TPSA) is 133 Å². The average molecular weight is 422 g/mol. The van der Waals surface area contributed by atoms with Gasteiger partial charge in [0, 0.05) is 23.3 Å². The molecular formula is C21H18N4O6. The van der Waals surface area contributed by atoms with Crippen molar-refractivity contribution in [2.24, 2.45) is 0 Å². The number of nitrogens with one attached hydrogen (secondary N) is 1. The van der Waals surface area contributed by atoms with Crippen molar-refractivity contribution in [3.05, 3.63) is 91.9 Å². The Bertz CT molecular complexity index is 1220. The van der Waals surface area contributed by atoms with Gasteiger partial charge >= 0.3 is 5.97 Å². The fourth-order valence-corrected chi connectivity index (χ4v) is 2.80. The van der Waals surface area contributed by atoms with Crippen LogP contribution in [0.3, 0.4) is 0 Å². The Kier molecular flexibility index (Phi) is 6.20. The van der Waals surface area contributed by atoms with Crippen LogP contribution in [0.1, 0.15) is 33.3 Å². The van der Waals surface area contributed by atoms with Crippen molar-refractivity contribution in [3.63, 3.8) is 0 Å². The number of amides is 1. The van der Waals surface area contributed by atoms with E-state index in [1.165, 1.54) is 12.1 Å². The molecule has 0 unspecified atom stereocenters. The number of aromatic nitrogens is 2. The molecule has 10 heteroatoms. The predicted octanol–water partition coefficient (Wildman–Crippen LogP) is 2.88. The van der Waals surface area contributed by atoms with Crippen molar-refractivity contribution in [2.45, 2.75) is 13.8 Å². The Morgan fingerprint density at radius 3 is 2.52 bits per heavy atom. The highest BCUT2D eigenvalue weighted by atomic mass is 16.6. The Morgan fingerprint density at radius 1 is 1.16 bits per heavy atom. The molecule has 0 fully saturated rings. The zero-order valence-corrected chi connectivity index (χ0v) is 16.7. The van der Waals surface area contributed by atoms with Gasteiger partial charge in [-0.1, -0.05) is 24.3 Å². The lowest BCUT2D eigenvalue weighted by molar-refractivity contribution is -0.385. The second kappa shape index (κ2) is 8.99. The molecule has 0 radical (unpaired) electrons. The Morgan fingerprint density at radius 2 is 1.87 bits per heavy atom. The summed E-state index contributed by atoms with van der Waals surface area (Å²) in [6, 6.07) is 13.4. The number of carbonyl (C=O) groups excluding carboxylic acids is 2. The molecule has 0 aliphatic heterocycles. The first-order valence-corrected chi connectivity index (χ1v) is 9.25. The third-order valence-electron chi connectivity index (χ3n) is 4.32. The molecule has 0 saturated heterocycles. The molecule has 31 heavy (non-hydrogen) atoms. The highest BCUT2D eigenvalue weighted by Crippen LogP contribution is 2.21. The molecule has 10 nitrogen and oxygen atoms in total. The number of para-hydroxylation sites is 1. The van der Waals surface area contributed by atoms with Crippen LogP contribution in [0.15, 0.2) is 59.4 Å². The zero-order chi connectivity index (χ0) is 22.5. The molecule has 0 bridgehead atoms. The van der Waals surface area contributed by atoms with Crippen LogP contribution < -0.4 is 10.9 Å². The van der Waals surface area contributed by atoms with Gasteiger partial charge in [0.25, 0.3) is 17.2 Å². The largest absolute Gasteiger partial charge is 0.461 e. The van der Waals surface area contributed by atoms with Crippen molar-refractivity contribution in [1.82, 2.24) is 9.78 Å². The Hall–Kier alpha value is -4.34. The van der Waals surface area contributed by atoms with E-state index in [4.69, 9.17) is 4.74 Å². The third-order valence-corrected chi connectivity index (χ3v) is 4.32. The smallest absolute Gasteiger partial charge is 0.360 e. The zero-order valence-electron chi connectivity index (χ0n) is 16.7. The summed E-state index contributed by atoms with van der Waals surface area (Å²) >= 11 is 0. The maximum atomic E-state index is 12.7. The number of ether oxygens (including phenoxy) is 1. The highest BCUT2D eigenvalue weighted by molar-refractivity contribution is 6.07. The van der Waals surface area contributed by atoms with Gasteiger partial charge in [0.2, 0.25) is 0 Å². The number of nitrogens with zero attached hydrogens (tertiary/aromatic N) is 3. The lowest BCUT2D eigenvalue weighted by Crippen LogP contribution is -2.27. The van der Waals surface area contributed by atoms with E-state index in [1.807, 2.05) is 0 Å². The minimum absolute atomic E-state index is 0.0145. The molecule has 1 amide bonds. The number of rotatable bonds is 6. The summed E-state index contributed by atoms with van der Waals surface area (Å²) in [6.45, 7) is 3.21. The van der Waals surface area contributed by atoms with Gasteiger partial charge in [-0.25, -0.2) is 4.79 Å². The van der Waals surface area contributed by atoms with E-state index in [-0.39, 0.29) is 29.2 Å². The van der Waals surface area contributed by atoms with Crippen LogP contribution in [0.25, 0.3) is 5.69 Å². The molecule has 0 aliphatic rings.